The number of rotatable bonds is 11. The first kappa shape index (κ1) is 30.4. The Balaban J connectivity index is 1.01. The van der Waals surface area contributed by atoms with E-state index in [-0.39, 0.29) is 17.9 Å². The van der Waals surface area contributed by atoms with Crippen molar-refractivity contribution in [2.75, 3.05) is 58.7 Å². The molecule has 9 nitrogen and oxygen atoms in total. The van der Waals surface area contributed by atoms with E-state index in [1.54, 1.807) is 24.3 Å². The van der Waals surface area contributed by atoms with Crippen LogP contribution < -0.4 is 5.32 Å². The molecule has 226 valence electrons. The van der Waals surface area contributed by atoms with Crippen LogP contribution in [0.4, 0.5) is 10.5 Å². The number of piperidine rings is 1. The Labute approximate surface area is 253 Å². The van der Waals surface area contributed by atoms with Gasteiger partial charge >= 0.3 is 6.09 Å². The number of aliphatic hydroxyl groups excluding tert-OH is 1. The SMILES string of the molecule is C[N+](C)(CCC(O)CN1CCC(OC(=O)Nc2ccccc2-c2ccccc2)CC1)CCN1C(=O)c2ccccc2C1=O. The first-order chi connectivity index (χ1) is 20.7. The highest BCUT2D eigenvalue weighted by Crippen LogP contribution is 2.28. The molecule has 1 unspecified atom stereocenters. The summed E-state index contributed by atoms with van der Waals surface area (Å²) in [6.45, 7) is 3.71. The topological polar surface area (TPSA) is 99.2 Å². The Morgan fingerprint density at radius 3 is 2.12 bits per heavy atom. The van der Waals surface area contributed by atoms with Crippen molar-refractivity contribution in [3.8, 4) is 11.1 Å². The van der Waals surface area contributed by atoms with Crippen LogP contribution in [0.25, 0.3) is 11.1 Å². The highest BCUT2D eigenvalue weighted by atomic mass is 16.6. The molecule has 2 aliphatic rings. The molecule has 3 aromatic carbocycles. The number of anilines is 1. The summed E-state index contributed by atoms with van der Waals surface area (Å²) in [5, 5.41) is 13.7. The van der Waals surface area contributed by atoms with Gasteiger partial charge in [-0.05, 0) is 36.6 Å². The molecule has 1 saturated heterocycles. The number of β-amino-alcohol motifs (C(OH)–C–C–N with tert-alkyl or cyclic N) is 1. The minimum absolute atomic E-state index is 0.171. The lowest BCUT2D eigenvalue weighted by molar-refractivity contribution is -0.890. The van der Waals surface area contributed by atoms with E-state index in [0.29, 0.717) is 66.7 Å². The highest BCUT2D eigenvalue weighted by Gasteiger charge is 2.36. The molecule has 9 heteroatoms. The van der Waals surface area contributed by atoms with Crippen LogP contribution in [0.5, 0.6) is 0 Å². The van der Waals surface area contributed by atoms with Crippen LogP contribution in [0.15, 0.2) is 78.9 Å². The Kier molecular flexibility index (Phi) is 9.55. The zero-order valence-electron chi connectivity index (χ0n) is 24.9. The van der Waals surface area contributed by atoms with Gasteiger partial charge < -0.3 is 19.2 Å². The van der Waals surface area contributed by atoms with Gasteiger partial charge in [0, 0.05) is 31.6 Å². The molecule has 1 atom stereocenters. The van der Waals surface area contributed by atoms with Crippen molar-refractivity contribution in [1.29, 1.82) is 0 Å². The van der Waals surface area contributed by atoms with Crippen molar-refractivity contribution in [3.63, 3.8) is 0 Å². The van der Waals surface area contributed by atoms with Crippen LogP contribution in [0.3, 0.4) is 0 Å². The lowest BCUT2D eigenvalue weighted by Crippen LogP contribution is -2.48. The molecule has 0 spiro atoms. The van der Waals surface area contributed by atoms with Crippen LogP contribution in [0.2, 0.25) is 0 Å². The van der Waals surface area contributed by atoms with E-state index in [1.165, 1.54) is 4.90 Å². The maximum Gasteiger partial charge on any atom is 0.411 e. The van der Waals surface area contributed by atoms with Gasteiger partial charge in [0.15, 0.2) is 0 Å². The van der Waals surface area contributed by atoms with Gasteiger partial charge in [-0.1, -0.05) is 60.7 Å². The number of benzene rings is 3. The number of carbonyl (C=O) groups excluding carboxylic acids is 3. The molecule has 0 saturated carbocycles. The van der Waals surface area contributed by atoms with Crippen molar-refractivity contribution in [2.24, 2.45) is 0 Å². The fourth-order valence-electron chi connectivity index (χ4n) is 5.77. The third-order valence-electron chi connectivity index (χ3n) is 8.40. The Morgan fingerprint density at radius 1 is 0.884 bits per heavy atom. The summed E-state index contributed by atoms with van der Waals surface area (Å²) < 4.78 is 6.33. The second kappa shape index (κ2) is 13.5. The lowest BCUT2D eigenvalue weighted by atomic mass is 10.0. The maximum atomic E-state index is 12.7. The van der Waals surface area contributed by atoms with Crippen molar-refractivity contribution in [3.05, 3.63) is 90.0 Å². The van der Waals surface area contributed by atoms with E-state index < -0.39 is 12.2 Å². The molecular weight excluding hydrogens is 544 g/mol. The van der Waals surface area contributed by atoms with Gasteiger partial charge in [0.05, 0.1) is 56.6 Å². The van der Waals surface area contributed by atoms with Gasteiger partial charge in [0.1, 0.15) is 6.10 Å². The van der Waals surface area contributed by atoms with Gasteiger partial charge in [0.2, 0.25) is 0 Å². The number of likely N-dealkylation sites (tertiary alicyclic amines) is 1. The van der Waals surface area contributed by atoms with Crippen molar-refractivity contribution < 1.29 is 28.7 Å². The molecule has 0 bridgehead atoms. The minimum atomic E-state index is -0.494. The van der Waals surface area contributed by atoms with Crippen LogP contribution in [-0.2, 0) is 4.74 Å². The van der Waals surface area contributed by atoms with Gasteiger partial charge in [-0.2, -0.15) is 0 Å². The van der Waals surface area contributed by atoms with E-state index in [4.69, 9.17) is 4.74 Å². The van der Waals surface area contributed by atoms with Crippen molar-refractivity contribution in [1.82, 2.24) is 9.80 Å². The summed E-state index contributed by atoms with van der Waals surface area (Å²) in [6.07, 6.45) is 0.907. The summed E-state index contributed by atoms with van der Waals surface area (Å²) in [5.74, 6) is -0.468. The predicted octanol–water partition coefficient (Wildman–Crippen LogP) is 4.49. The Hall–Kier alpha value is -4.05. The minimum Gasteiger partial charge on any atom is -0.446 e. The Bertz CT molecular complexity index is 1400. The second-order valence-electron chi connectivity index (χ2n) is 12.1. The number of likely N-dealkylation sites (N-methyl/N-ethyl adjacent to an activating group) is 1. The lowest BCUT2D eigenvalue weighted by Gasteiger charge is -2.34. The van der Waals surface area contributed by atoms with E-state index in [1.807, 2.05) is 54.6 Å². The molecule has 2 N–H and O–H groups in total. The smallest absolute Gasteiger partial charge is 0.411 e. The monoisotopic (exact) mass is 585 g/mol. The average molecular weight is 586 g/mol. The maximum absolute atomic E-state index is 12.7. The van der Waals surface area contributed by atoms with E-state index in [2.05, 4.69) is 24.3 Å². The number of hydrogen-bond acceptors (Lipinski definition) is 6. The Morgan fingerprint density at radius 2 is 1.47 bits per heavy atom. The zero-order valence-corrected chi connectivity index (χ0v) is 24.9. The summed E-state index contributed by atoms with van der Waals surface area (Å²) in [7, 11) is 4.11. The van der Waals surface area contributed by atoms with Crippen LogP contribution >= 0.6 is 0 Å². The van der Waals surface area contributed by atoms with Gasteiger partial charge in [0.25, 0.3) is 11.8 Å². The molecule has 3 amide bonds. The van der Waals surface area contributed by atoms with Gasteiger partial charge in [-0.3, -0.25) is 19.8 Å². The molecule has 0 aliphatic carbocycles. The summed E-state index contributed by atoms with van der Waals surface area (Å²) in [4.78, 5) is 41.6. The van der Waals surface area contributed by atoms with E-state index in [9.17, 15) is 19.5 Å². The standard InChI is InChI=1S/C34H40N4O5/c1-38(2,23-21-37-32(40)29-13-6-7-14-30(29)33(37)41)22-18-26(39)24-36-19-16-27(17-20-36)43-34(42)35-31-15-9-8-12-28(31)25-10-4-3-5-11-25/h3-15,26-27,39H,16-24H2,1-2H3/p+1. The number of amides is 3. The molecule has 3 aromatic rings. The quantitative estimate of drug-likeness (QED) is 0.254. The number of fused-ring (bicyclic) bond motifs is 1. The largest absolute Gasteiger partial charge is 0.446 e. The highest BCUT2D eigenvalue weighted by molar-refractivity contribution is 6.21. The van der Waals surface area contributed by atoms with Crippen LogP contribution in [0.1, 0.15) is 40.0 Å². The number of aliphatic hydroxyl groups is 1. The molecular formula is C34H41N4O5+. The van der Waals surface area contributed by atoms with Crippen molar-refractivity contribution in [2.45, 2.75) is 31.5 Å². The predicted molar refractivity (Wildman–Crippen MR) is 166 cm³/mol. The molecule has 0 aromatic heterocycles. The number of nitrogens with zero attached hydrogens (tertiary/aromatic N) is 3. The first-order valence-corrected chi connectivity index (χ1v) is 15.0. The zero-order chi connectivity index (χ0) is 30.4. The summed E-state index contributed by atoms with van der Waals surface area (Å²) in [5.41, 5.74) is 3.61. The van der Waals surface area contributed by atoms with Crippen LogP contribution in [-0.4, -0.2) is 103 Å². The summed E-state index contributed by atoms with van der Waals surface area (Å²) in [6, 6.07) is 24.5. The number of hydrogen-bond donors (Lipinski definition) is 2. The molecule has 2 aliphatic heterocycles. The van der Waals surface area contributed by atoms with Gasteiger partial charge in [-0.15, -0.1) is 0 Å². The number of carbonyl (C=O) groups is 3. The van der Waals surface area contributed by atoms with Crippen molar-refractivity contribution >= 4 is 23.6 Å². The molecule has 0 radical (unpaired) electrons. The number of para-hydroxylation sites is 1. The number of nitrogens with one attached hydrogen (secondary N) is 1. The van der Waals surface area contributed by atoms with Gasteiger partial charge in [-0.25, -0.2) is 4.79 Å². The number of imide groups is 1. The fourth-order valence-corrected chi connectivity index (χ4v) is 5.77. The molecule has 43 heavy (non-hydrogen) atoms. The number of ether oxygens (including phenoxy) is 1. The van der Waals surface area contributed by atoms with Crippen LogP contribution in [0, 0.1) is 0 Å². The van der Waals surface area contributed by atoms with E-state index >= 15 is 0 Å². The third-order valence-corrected chi connectivity index (χ3v) is 8.40. The summed E-state index contributed by atoms with van der Waals surface area (Å²) >= 11 is 0. The first-order valence-electron chi connectivity index (χ1n) is 15.0. The molecule has 5 rings (SSSR count). The number of quaternary nitrogens is 1. The fraction of sp³-hybridized carbons (Fsp3) is 0.382. The average Bonchev–Trinajstić information content (AvgIpc) is 3.25. The second-order valence-corrected chi connectivity index (χ2v) is 12.1. The molecule has 2 heterocycles. The van der Waals surface area contributed by atoms with E-state index in [0.717, 1.165) is 24.2 Å². The third kappa shape index (κ3) is 7.67. The normalized spacial score (nSPS) is 16.7. The molecule has 1 fully saturated rings.